The van der Waals surface area contributed by atoms with E-state index in [1.807, 2.05) is 31.2 Å². The van der Waals surface area contributed by atoms with E-state index in [0.29, 0.717) is 24.1 Å². The smallest absolute Gasteiger partial charge is 0.435 e. The Kier molecular flexibility index (Phi) is 7.87. The molecule has 0 saturated carbocycles. The lowest BCUT2D eigenvalue weighted by atomic mass is 10.1. The van der Waals surface area contributed by atoms with Crippen molar-refractivity contribution in [1.29, 1.82) is 0 Å². The highest BCUT2D eigenvalue weighted by atomic mass is 127. The third kappa shape index (κ3) is 5.97. The van der Waals surface area contributed by atoms with Gasteiger partial charge in [0.15, 0.2) is 11.7 Å². The minimum Gasteiger partial charge on any atom is -0.444 e. The van der Waals surface area contributed by atoms with Crippen molar-refractivity contribution in [3.05, 3.63) is 59.2 Å². The van der Waals surface area contributed by atoms with Gasteiger partial charge in [0.1, 0.15) is 6.26 Å². The Morgan fingerprint density at radius 1 is 1.17 bits per heavy atom. The first-order valence-corrected chi connectivity index (χ1v) is 8.82. The van der Waals surface area contributed by atoms with E-state index in [2.05, 4.69) is 25.7 Å². The van der Waals surface area contributed by atoms with E-state index in [-0.39, 0.29) is 36.1 Å². The maximum absolute atomic E-state index is 13.0. The van der Waals surface area contributed by atoms with Crippen LogP contribution in [0.15, 0.2) is 46.1 Å². The second-order valence-corrected chi connectivity index (χ2v) is 6.46. The lowest BCUT2D eigenvalue weighted by molar-refractivity contribution is -0.142. The summed E-state index contributed by atoms with van der Waals surface area (Å²) in [5.41, 5.74) is 1.76. The fraction of sp³-hybridized carbons (Fsp3) is 0.316. The zero-order valence-electron chi connectivity index (χ0n) is 16.6. The molecule has 0 unspecified atom stereocenters. The number of hydrogen-bond acceptors (Lipinski definition) is 4. The highest BCUT2D eigenvalue weighted by Gasteiger charge is 2.36. The summed E-state index contributed by atoms with van der Waals surface area (Å²) in [6.45, 7) is 2.22. The molecule has 1 aromatic carbocycles. The molecule has 0 bridgehead atoms. The Hall–Kier alpha value is -2.57. The van der Waals surface area contributed by atoms with Crippen LogP contribution >= 0.6 is 24.0 Å². The summed E-state index contributed by atoms with van der Waals surface area (Å²) in [4.78, 5) is 8.43. The minimum atomic E-state index is -4.51. The molecule has 3 rings (SSSR count). The van der Waals surface area contributed by atoms with Crippen molar-refractivity contribution >= 4 is 29.9 Å². The Bertz CT molecular complexity index is 995. The molecule has 0 atom stereocenters. The molecular formula is C19H22F3IN6O. The number of aliphatic imine (C=N–C) groups is 1. The van der Waals surface area contributed by atoms with Gasteiger partial charge in [0.05, 0.1) is 12.2 Å². The molecular weight excluding hydrogens is 512 g/mol. The summed E-state index contributed by atoms with van der Waals surface area (Å²) in [7, 11) is 2.98. The second-order valence-electron chi connectivity index (χ2n) is 6.46. The standard InChI is InChI=1S/C19H21F3N6O.HI/c1-12-4-6-13(7-5-12)17-26-15(11-29-17)9-25-18(23-2)24-8-14-10-28(3)27-16(14)19(20,21)22;/h4-7,10-11H,8-9H2,1-3H3,(H2,23,24,25);1H. The molecule has 3 aromatic rings. The van der Waals surface area contributed by atoms with Gasteiger partial charge in [-0.15, -0.1) is 24.0 Å². The molecule has 2 N–H and O–H groups in total. The van der Waals surface area contributed by atoms with Crippen LogP contribution in [0.3, 0.4) is 0 Å². The molecule has 162 valence electrons. The Labute approximate surface area is 188 Å². The molecule has 0 radical (unpaired) electrons. The van der Waals surface area contributed by atoms with E-state index in [4.69, 9.17) is 4.42 Å². The van der Waals surface area contributed by atoms with Gasteiger partial charge in [0.25, 0.3) is 0 Å². The molecule has 0 amide bonds. The molecule has 0 spiro atoms. The lowest BCUT2D eigenvalue weighted by Gasteiger charge is -2.11. The fourth-order valence-corrected chi connectivity index (χ4v) is 2.70. The predicted molar refractivity (Wildman–Crippen MR) is 117 cm³/mol. The Balaban J connectivity index is 0.00000320. The van der Waals surface area contributed by atoms with Gasteiger partial charge in [-0.05, 0) is 19.1 Å². The molecule has 0 fully saturated rings. The fourth-order valence-electron chi connectivity index (χ4n) is 2.70. The maximum atomic E-state index is 13.0. The number of alkyl halides is 3. The number of guanidine groups is 1. The first kappa shape index (κ1) is 23.7. The van der Waals surface area contributed by atoms with Crippen LogP contribution in [0.4, 0.5) is 13.2 Å². The van der Waals surface area contributed by atoms with E-state index in [1.54, 1.807) is 0 Å². The first-order chi connectivity index (χ1) is 13.8. The van der Waals surface area contributed by atoms with E-state index in [9.17, 15) is 13.2 Å². The van der Waals surface area contributed by atoms with Crippen LogP contribution in [0, 0.1) is 6.92 Å². The van der Waals surface area contributed by atoms with E-state index < -0.39 is 11.9 Å². The molecule has 0 aliphatic rings. The molecule has 7 nitrogen and oxygen atoms in total. The number of hydrogen-bond donors (Lipinski definition) is 2. The zero-order chi connectivity index (χ0) is 21.0. The maximum Gasteiger partial charge on any atom is 0.435 e. The monoisotopic (exact) mass is 534 g/mol. The molecule has 2 aromatic heterocycles. The zero-order valence-corrected chi connectivity index (χ0v) is 18.9. The molecule has 0 aliphatic heterocycles. The van der Waals surface area contributed by atoms with Gasteiger partial charge in [-0.25, -0.2) is 4.98 Å². The SMILES string of the molecule is CN=C(NCc1coc(-c2ccc(C)cc2)n1)NCc1cn(C)nc1C(F)(F)F.I. The predicted octanol–water partition coefficient (Wildman–Crippen LogP) is 3.89. The van der Waals surface area contributed by atoms with Crippen LogP contribution in [-0.2, 0) is 26.3 Å². The van der Waals surface area contributed by atoms with Gasteiger partial charge in [0.2, 0.25) is 5.89 Å². The number of oxazole rings is 1. The summed E-state index contributed by atoms with van der Waals surface area (Å²) >= 11 is 0. The lowest BCUT2D eigenvalue weighted by Crippen LogP contribution is -2.36. The normalized spacial score (nSPS) is 11.9. The third-order valence-corrected chi connectivity index (χ3v) is 4.13. The third-order valence-electron chi connectivity index (χ3n) is 4.13. The van der Waals surface area contributed by atoms with Gasteiger partial charge >= 0.3 is 6.18 Å². The van der Waals surface area contributed by atoms with Crippen molar-refractivity contribution in [2.75, 3.05) is 7.05 Å². The minimum absolute atomic E-state index is 0. The number of benzene rings is 1. The summed E-state index contributed by atoms with van der Waals surface area (Å²) in [5.74, 6) is 0.830. The van der Waals surface area contributed by atoms with Crippen molar-refractivity contribution in [1.82, 2.24) is 25.4 Å². The topological polar surface area (TPSA) is 80.3 Å². The molecule has 0 saturated heterocycles. The average molecular weight is 534 g/mol. The van der Waals surface area contributed by atoms with Crippen LogP contribution in [0.25, 0.3) is 11.5 Å². The number of aromatic nitrogens is 3. The van der Waals surface area contributed by atoms with Crippen LogP contribution in [0.5, 0.6) is 0 Å². The van der Waals surface area contributed by atoms with E-state index in [1.165, 1.54) is 26.6 Å². The van der Waals surface area contributed by atoms with Gasteiger partial charge in [-0.2, -0.15) is 18.3 Å². The molecule has 2 heterocycles. The van der Waals surface area contributed by atoms with Gasteiger partial charge in [-0.1, -0.05) is 17.7 Å². The molecule has 30 heavy (non-hydrogen) atoms. The summed E-state index contributed by atoms with van der Waals surface area (Å²) in [6.07, 6.45) is -1.66. The highest BCUT2D eigenvalue weighted by molar-refractivity contribution is 14.0. The average Bonchev–Trinajstić information content (AvgIpc) is 3.29. The molecule has 11 heteroatoms. The number of halogens is 4. The highest BCUT2D eigenvalue weighted by Crippen LogP contribution is 2.30. The van der Waals surface area contributed by atoms with Crippen molar-refractivity contribution in [2.45, 2.75) is 26.2 Å². The number of rotatable bonds is 5. The van der Waals surface area contributed by atoms with Crippen LogP contribution in [0.1, 0.15) is 22.5 Å². The quantitative estimate of drug-likeness (QED) is 0.295. The van der Waals surface area contributed by atoms with Crippen molar-refractivity contribution in [2.24, 2.45) is 12.0 Å². The van der Waals surface area contributed by atoms with Crippen LogP contribution in [0.2, 0.25) is 0 Å². The van der Waals surface area contributed by atoms with Crippen LogP contribution in [-0.4, -0.2) is 27.8 Å². The van der Waals surface area contributed by atoms with Crippen molar-refractivity contribution < 1.29 is 17.6 Å². The number of nitrogens with zero attached hydrogens (tertiary/aromatic N) is 4. The van der Waals surface area contributed by atoms with Gasteiger partial charge in [-0.3, -0.25) is 9.67 Å². The Morgan fingerprint density at radius 3 is 2.47 bits per heavy atom. The second kappa shape index (κ2) is 9.96. The van der Waals surface area contributed by atoms with E-state index in [0.717, 1.165) is 15.8 Å². The number of aryl methyl sites for hydroxylation is 2. The Morgan fingerprint density at radius 2 is 1.83 bits per heavy atom. The van der Waals surface area contributed by atoms with E-state index >= 15 is 0 Å². The summed E-state index contributed by atoms with van der Waals surface area (Å²) in [5, 5.41) is 9.34. The van der Waals surface area contributed by atoms with Crippen LogP contribution < -0.4 is 10.6 Å². The number of nitrogens with one attached hydrogen (secondary N) is 2. The molecule has 0 aliphatic carbocycles. The largest absolute Gasteiger partial charge is 0.444 e. The van der Waals surface area contributed by atoms with Gasteiger partial charge in [0, 0.05) is 38.0 Å². The summed E-state index contributed by atoms with van der Waals surface area (Å²) in [6, 6.07) is 7.78. The van der Waals surface area contributed by atoms with Crippen molar-refractivity contribution in [3.63, 3.8) is 0 Å². The first-order valence-electron chi connectivity index (χ1n) is 8.82. The van der Waals surface area contributed by atoms with Crippen molar-refractivity contribution in [3.8, 4) is 11.5 Å². The van der Waals surface area contributed by atoms with Gasteiger partial charge < -0.3 is 15.1 Å². The summed E-state index contributed by atoms with van der Waals surface area (Å²) < 4.78 is 45.7.